The zero-order valence-electron chi connectivity index (χ0n) is 20.7. The maximum Gasteiger partial charge on any atom is 0.196 e. The van der Waals surface area contributed by atoms with Crippen molar-refractivity contribution in [3.63, 3.8) is 0 Å². The standard InChI is InChI=1S/C28H42F4O/c1-5-19-12-14-21(15-13-19)23-17-16-22(26(30)27(23)31)11-9-10-20(6-2)18-24(29)28(32)25(7-3)33-8-4/h5,7,19-23H,1,6,8-18H2,2-4H3/b25-7+,28-24-. The topological polar surface area (TPSA) is 9.23 Å². The van der Waals surface area contributed by atoms with E-state index >= 15 is 0 Å². The van der Waals surface area contributed by atoms with Crippen LogP contribution in [0.5, 0.6) is 0 Å². The molecule has 2 aliphatic carbocycles. The van der Waals surface area contributed by atoms with Crippen molar-refractivity contribution in [3.05, 3.63) is 47.8 Å². The minimum atomic E-state index is -0.936. The predicted molar refractivity (Wildman–Crippen MR) is 128 cm³/mol. The molecule has 1 nitrogen and oxygen atoms in total. The fraction of sp³-hybridized carbons (Fsp3) is 0.714. The van der Waals surface area contributed by atoms with Crippen molar-refractivity contribution in [2.24, 2.45) is 29.6 Å². The van der Waals surface area contributed by atoms with Crippen molar-refractivity contribution in [3.8, 4) is 0 Å². The molecule has 0 spiro atoms. The summed E-state index contributed by atoms with van der Waals surface area (Å²) >= 11 is 0. The number of ether oxygens (including phenoxy) is 1. The third kappa shape index (κ3) is 7.75. The van der Waals surface area contributed by atoms with E-state index in [1.165, 1.54) is 6.08 Å². The van der Waals surface area contributed by atoms with E-state index in [1.807, 2.05) is 13.0 Å². The lowest BCUT2D eigenvalue weighted by atomic mass is 9.70. The molecule has 0 saturated heterocycles. The highest BCUT2D eigenvalue weighted by atomic mass is 19.2. The van der Waals surface area contributed by atoms with Gasteiger partial charge < -0.3 is 4.74 Å². The predicted octanol–water partition coefficient (Wildman–Crippen LogP) is 9.83. The van der Waals surface area contributed by atoms with Gasteiger partial charge in [0.1, 0.15) is 17.5 Å². The SMILES string of the molecule is C=CC1CCC(C2CCC(CCCC(CC)C/C(F)=C(F)\C(=C/C)OCC)C(F)=C2F)CC1. The first kappa shape index (κ1) is 27.7. The molecule has 1 fully saturated rings. The largest absolute Gasteiger partial charge is 0.491 e. The molecule has 2 rings (SSSR count). The van der Waals surface area contributed by atoms with Crippen LogP contribution in [0.2, 0.25) is 0 Å². The first-order valence-corrected chi connectivity index (χ1v) is 12.9. The second kappa shape index (κ2) is 14.0. The van der Waals surface area contributed by atoms with Crippen molar-refractivity contribution in [2.45, 2.75) is 91.4 Å². The molecule has 1 saturated carbocycles. The fourth-order valence-electron chi connectivity index (χ4n) is 5.51. The molecule has 0 aromatic carbocycles. The molecule has 0 aromatic heterocycles. The van der Waals surface area contributed by atoms with Crippen LogP contribution in [0.4, 0.5) is 17.6 Å². The van der Waals surface area contributed by atoms with E-state index < -0.39 is 23.3 Å². The van der Waals surface area contributed by atoms with Crippen LogP contribution in [0, 0.1) is 29.6 Å². The average molecular weight is 471 g/mol. The summed E-state index contributed by atoms with van der Waals surface area (Å²) in [5, 5.41) is 0. The summed E-state index contributed by atoms with van der Waals surface area (Å²) in [6, 6.07) is 0. The van der Waals surface area contributed by atoms with Crippen molar-refractivity contribution in [1.29, 1.82) is 0 Å². The van der Waals surface area contributed by atoms with E-state index in [1.54, 1.807) is 13.8 Å². The highest BCUT2D eigenvalue weighted by Crippen LogP contribution is 2.46. The molecule has 3 atom stereocenters. The molecule has 3 unspecified atom stereocenters. The number of hydrogen-bond donors (Lipinski definition) is 0. The zero-order chi connectivity index (χ0) is 24.4. The lowest BCUT2D eigenvalue weighted by Crippen LogP contribution is -2.26. The van der Waals surface area contributed by atoms with Gasteiger partial charge in [-0.1, -0.05) is 32.3 Å². The lowest BCUT2D eigenvalue weighted by Gasteiger charge is -2.36. The number of hydrogen-bond acceptors (Lipinski definition) is 1. The van der Waals surface area contributed by atoms with E-state index in [0.29, 0.717) is 44.4 Å². The van der Waals surface area contributed by atoms with E-state index in [0.717, 1.165) is 25.7 Å². The van der Waals surface area contributed by atoms with Gasteiger partial charge in [0.15, 0.2) is 11.6 Å². The van der Waals surface area contributed by atoms with Gasteiger partial charge in [-0.2, -0.15) is 0 Å². The molecule has 0 N–H and O–H groups in total. The molecular formula is C28H42F4O. The molecule has 0 heterocycles. The first-order valence-electron chi connectivity index (χ1n) is 12.9. The summed E-state index contributed by atoms with van der Waals surface area (Å²) in [6.45, 7) is 9.40. The molecule has 0 aromatic rings. The summed E-state index contributed by atoms with van der Waals surface area (Å²) in [5.74, 6) is -2.83. The maximum atomic E-state index is 14.9. The maximum absolute atomic E-state index is 14.9. The van der Waals surface area contributed by atoms with Crippen LogP contribution >= 0.6 is 0 Å². The Bertz CT molecular complexity index is 715. The highest BCUT2D eigenvalue weighted by Gasteiger charge is 2.36. The molecule has 188 valence electrons. The van der Waals surface area contributed by atoms with Crippen LogP contribution in [0.1, 0.15) is 91.4 Å². The molecule has 0 radical (unpaired) electrons. The normalized spacial score (nSPS) is 28.4. The van der Waals surface area contributed by atoms with Crippen molar-refractivity contribution >= 4 is 0 Å². The van der Waals surface area contributed by atoms with Crippen molar-refractivity contribution in [1.82, 2.24) is 0 Å². The van der Waals surface area contributed by atoms with Crippen LogP contribution in [0.25, 0.3) is 0 Å². The molecular weight excluding hydrogens is 428 g/mol. The Morgan fingerprint density at radius 1 is 1.06 bits per heavy atom. The van der Waals surface area contributed by atoms with E-state index in [-0.39, 0.29) is 42.5 Å². The lowest BCUT2D eigenvalue weighted by molar-refractivity contribution is 0.176. The van der Waals surface area contributed by atoms with Crippen molar-refractivity contribution < 1.29 is 22.3 Å². The molecule has 5 heteroatoms. The van der Waals surface area contributed by atoms with E-state index in [4.69, 9.17) is 4.74 Å². The van der Waals surface area contributed by atoms with Crippen LogP contribution < -0.4 is 0 Å². The fourth-order valence-corrected chi connectivity index (χ4v) is 5.51. The minimum Gasteiger partial charge on any atom is -0.491 e. The zero-order valence-corrected chi connectivity index (χ0v) is 20.7. The Labute approximate surface area is 198 Å². The molecule has 0 aliphatic heterocycles. The smallest absolute Gasteiger partial charge is 0.196 e. The quantitative estimate of drug-likeness (QED) is 0.119. The molecule has 0 amide bonds. The summed E-state index contributed by atoms with van der Waals surface area (Å²) in [6.07, 6.45) is 11.3. The summed E-state index contributed by atoms with van der Waals surface area (Å²) in [4.78, 5) is 0. The van der Waals surface area contributed by atoms with Gasteiger partial charge in [-0.05, 0) is 82.6 Å². The van der Waals surface area contributed by atoms with Gasteiger partial charge in [-0.15, -0.1) is 6.58 Å². The Hall–Kier alpha value is -1.52. The molecule has 2 aliphatic rings. The van der Waals surface area contributed by atoms with Gasteiger partial charge in [0.25, 0.3) is 0 Å². The Morgan fingerprint density at radius 3 is 2.33 bits per heavy atom. The second-order valence-corrected chi connectivity index (χ2v) is 9.70. The van der Waals surface area contributed by atoms with Crippen LogP contribution in [0.15, 0.2) is 47.8 Å². The Morgan fingerprint density at radius 2 is 1.76 bits per heavy atom. The third-order valence-corrected chi connectivity index (χ3v) is 7.68. The van der Waals surface area contributed by atoms with Gasteiger partial charge >= 0.3 is 0 Å². The van der Waals surface area contributed by atoms with Gasteiger partial charge in [0.2, 0.25) is 0 Å². The van der Waals surface area contributed by atoms with E-state index in [2.05, 4.69) is 6.58 Å². The summed E-state index contributed by atoms with van der Waals surface area (Å²) in [5.41, 5.74) is 0. The third-order valence-electron chi connectivity index (χ3n) is 7.68. The van der Waals surface area contributed by atoms with E-state index in [9.17, 15) is 17.6 Å². The number of rotatable bonds is 12. The van der Waals surface area contributed by atoms with Crippen LogP contribution in [-0.4, -0.2) is 6.61 Å². The van der Waals surface area contributed by atoms with Gasteiger partial charge in [-0.3, -0.25) is 0 Å². The number of allylic oxidation sites excluding steroid dienone is 6. The summed E-state index contributed by atoms with van der Waals surface area (Å²) < 4.78 is 63.6. The highest BCUT2D eigenvalue weighted by molar-refractivity contribution is 5.22. The minimum absolute atomic E-state index is 0.000443. The Kier molecular flexibility index (Phi) is 11.8. The van der Waals surface area contributed by atoms with Gasteiger partial charge in [-0.25, -0.2) is 17.6 Å². The van der Waals surface area contributed by atoms with Crippen LogP contribution in [0.3, 0.4) is 0 Å². The van der Waals surface area contributed by atoms with Crippen LogP contribution in [-0.2, 0) is 4.74 Å². The van der Waals surface area contributed by atoms with Crippen molar-refractivity contribution in [2.75, 3.05) is 6.61 Å². The molecule has 0 bridgehead atoms. The van der Waals surface area contributed by atoms with Gasteiger partial charge in [0, 0.05) is 18.3 Å². The number of halogens is 4. The summed E-state index contributed by atoms with van der Waals surface area (Å²) in [7, 11) is 0. The second-order valence-electron chi connectivity index (χ2n) is 9.70. The monoisotopic (exact) mass is 470 g/mol. The Balaban J connectivity index is 1.87. The van der Waals surface area contributed by atoms with Gasteiger partial charge in [0.05, 0.1) is 6.61 Å². The molecule has 33 heavy (non-hydrogen) atoms. The first-order chi connectivity index (χ1) is 15.9. The average Bonchev–Trinajstić information content (AvgIpc) is 2.84.